The van der Waals surface area contributed by atoms with Crippen LogP contribution in [0.25, 0.3) is 0 Å². The number of nitrogens with one attached hydrogen (secondary N) is 1. The number of thioether (sulfide) groups is 1. The van der Waals surface area contributed by atoms with E-state index >= 15 is 0 Å². The number of carbonyl (C=O) groups excluding carboxylic acids is 1. The second-order valence-electron chi connectivity index (χ2n) is 7.14. The summed E-state index contributed by atoms with van der Waals surface area (Å²) in [6, 6.07) is 10.1. The van der Waals surface area contributed by atoms with E-state index in [4.69, 9.17) is 4.74 Å². The first-order valence-electron chi connectivity index (χ1n) is 9.63. The molecule has 29 heavy (non-hydrogen) atoms. The minimum Gasteiger partial charge on any atom is -0.486 e. The van der Waals surface area contributed by atoms with Crippen LogP contribution in [0.2, 0.25) is 0 Å². The number of rotatable bonds is 9. The highest BCUT2D eigenvalue weighted by molar-refractivity contribution is 7.99. The van der Waals surface area contributed by atoms with Gasteiger partial charge in [-0.1, -0.05) is 30.0 Å². The van der Waals surface area contributed by atoms with Crippen molar-refractivity contribution >= 4 is 17.7 Å². The van der Waals surface area contributed by atoms with Crippen molar-refractivity contribution in [2.75, 3.05) is 5.75 Å². The van der Waals surface area contributed by atoms with Crippen molar-refractivity contribution < 1.29 is 9.53 Å². The molecule has 0 aliphatic heterocycles. The van der Waals surface area contributed by atoms with Gasteiger partial charge in [-0.3, -0.25) is 9.36 Å². The topological polar surface area (TPSA) is 92.8 Å². The van der Waals surface area contributed by atoms with Gasteiger partial charge in [0.15, 0.2) is 11.0 Å². The first-order chi connectivity index (χ1) is 14.0. The molecule has 0 saturated heterocycles. The zero-order chi connectivity index (χ0) is 20.7. The zero-order valence-electron chi connectivity index (χ0n) is 16.6. The fourth-order valence-electron chi connectivity index (χ4n) is 3.37. The summed E-state index contributed by atoms with van der Waals surface area (Å²) in [5.74, 6) is 1.45. The number of nitrogens with zero attached hydrogens (tertiary/aromatic N) is 4. The molecule has 0 spiro atoms. The van der Waals surface area contributed by atoms with E-state index in [1.807, 2.05) is 35.8 Å². The van der Waals surface area contributed by atoms with Crippen LogP contribution < -0.4 is 10.1 Å². The summed E-state index contributed by atoms with van der Waals surface area (Å²) in [5, 5.41) is 21.4. The summed E-state index contributed by atoms with van der Waals surface area (Å²) in [6.07, 6.45) is 5.13. The summed E-state index contributed by atoms with van der Waals surface area (Å²) in [4.78, 5) is 12.4. The van der Waals surface area contributed by atoms with Gasteiger partial charge in [0.1, 0.15) is 17.9 Å². The second-order valence-corrected chi connectivity index (χ2v) is 8.08. The van der Waals surface area contributed by atoms with Gasteiger partial charge in [-0.25, -0.2) is 0 Å². The molecule has 7 nitrogen and oxygen atoms in total. The summed E-state index contributed by atoms with van der Waals surface area (Å²) in [5.41, 5.74) is 0.411. The third kappa shape index (κ3) is 5.39. The molecule has 3 rings (SSSR count). The number of amides is 1. The van der Waals surface area contributed by atoms with Gasteiger partial charge in [-0.05, 0) is 50.3 Å². The molecule has 0 unspecified atom stereocenters. The Bertz CT molecular complexity index is 912. The lowest BCUT2D eigenvalue weighted by Crippen LogP contribution is -2.45. The number of benzene rings is 1. The molecule has 1 aromatic carbocycles. The molecule has 152 valence electrons. The Hall–Kier alpha value is -2.79. The Morgan fingerprint density at radius 3 is 2.93 bits per heavy atom. The molecule has 1 aromatic heterocycles. The number of nitriles is 1. The van der Waals surface area contributed by atoms with E-state index in [-0.39, 0.29) is 18.3 Å². The van der Waals surface area contributed by atoms with Crippen LogP contribution in [-0.2, 0) is 17.9 Å². The van der Waals surface area contributed by atoms with Crippen LogP contribution >= 0.6 is 11.8 Å². The third-order valence-corrected chi connectivity index (χ3v) is 5.81. The van der Waals surface area contributed by atoms with E-state index in [0.29, 0.717) is 30.4 Å². The molecule has 8 heteroatoms. The van der Waals surface area contributed by atoms with Gasteiger partial charge in [0.2, 0.25) is 5.91 Å². The molecule has 1 N–H and O–H groups in total. The van der Waals surface area contributed by atoms with Crippen molar-refractivity contribution in [1.82, 2.24) is 20.1 Å². The maximum atomic E-state index is 12.4. The lowest BCUT2D eigenvalue weighted by atomic mass is 10.0. The Morgan fingerprint density at radius 1 is 1.45 bits per heavy atom. The molecule has 1 amide bonds. The average molecular weight is 412 g/mol. The van der Waals surface area contributed by atoms with Crippen LogP contribution in [0, 0.1) is 18.3 Å². The number of aryl methyl sites for hydroxylation is 1. The maximum absolute atomic E-state index is 12.4. The molecule has 1 aliphatic rings. The molecule has 2 aromatic rings. The predicted molar refractivity (Wildman–Crippen MR) is 111 cm³/mol. The molecule has 1 fully saturated rings. The lowest BCUT2D eigenvalue weighted by Gasteiger charge is -2.21. The molecule has 1 heterocycles. The summed E-state index contributed by atoms with van der Waals surface area (Å²) >= 11 is 1.30. The monoisotopic (exact) mass is 411 g/mol. The van der Waals surface area contributed by atoms with Crippen molar-refractivity contribution in [2.45, 2.75) is 56.5 Å². The van der Waals surface area contributed by atoms with Crippen LogP contribution in [0.1, 0.15) is 37.1 Å². The van der Waals surface area contributed by atoms with Crippen LogP contribution in [0.5, 0.6) is 5.75 Å². The van der Waals surface area contributed by atoms with Crippen molar-refractivity contribution in [3.05, 3.63) is 48.3 Å². The first-order valence-corrected chi connectivity index (χ1v) is 10.6. The van der Waals surface area contributed by atoms with Crippen LogP contribution in [0.3, 0.4) is 0 Å². The number of carbonyl (C=O) groups is 1. The molecule has 0 bridgehead atoms. The quantitative estimate of drug-likeness (QED) is 0.502. The van der Waals surface area contributed by atoms with Gasteiger partial charge in [-0.15, -0.1) is 16.8 Å². The number of ether oxygens (including phenoxy) is 1. The largest absolute Gasteiger partial charge is 0.486 e. The van der Waals surface area contributed by atoms with Gasteiger partial charge in [0.05, 0.1) is 11.8 Å². The standard InChI is InChI=1S/C21H25N5O2S/c1-3-11-26-18(13-28-17-8-6-7-16(2)12-17)24-25-20(26)29-14-19(27)23-21(15-22)9-4-5-10-21/h3,6-8,12H,1,4-5,9-11,13-14H2,2H3,(H,23,27). The summed E-state index contributed by atoms with van der Waals surface area (Å²) < 4.78 is 7.72. The fraction of sp³-hybridized carbons (Fsp3) is 0.429. The molecular formula is C21H25N5O2S. The highest BCUT2D eigenvalue weighted by atomic mass is 32.2. The van der Waals surface area contributed by atoms with Gasteiger partial charge in [0.25, 0.3) is 0 Å². The van der Waals surface area contributed by atoms with E-state index in [2.05, 4.69) is 28.2 Å². The molecule has 1 aliphatic carbocycles. The van der Waals surface area contributed by atoms with Gasteiger partial charge in [-0.2, -0.15) is 5.26 Å². The van der Waals surface area contributed by atoms with Crippen molar-refractivity contribution in [3.8, 4) is 11.8 Å². The third-order valence-electron chi connectivity index (χ3n) is 4.84. The Labute approximate surface area is 175 Å². The number of aromatic nitrogens is 3. The minimum absolute atomic E-state index is 0.163. The average Bonchev–Trinajstić information content (AvgIpc) is 3.33. The molecule has 0 radical (unpaired) electrons. The normalized spacial score (nSPS) is 14.9. The highest BCUT2D eigenvalue weighted by Gasteiger charge is 2.35. The van der Waals surface area contributed by atoms with Crippen LogP contribution in [0.15, 0.2) is 42.1 Å². The van der Waals surface area contributed by atoms with Crippen molar-refractivity contribution in [3.63, 3.8) is 0 Å². The van der Waals surface area contributed by atoms with Gasteiger partial charge >= 0.3 is 0 Å². The molecule has 0 atom stereocenters. The van der Waals surface area contributed by atoms with E-state index in [1.54, 1.807) is 6.08 Å². The Kier molecular flexibility index (Phi) is 6.94. The highest BCUT2D eigenvalue weighted by Crippen LogP contribution is 2.29. The van der Waals surface area contributed by atoms with Gasteiger partial charge in [0, 0.05) is 6.54 Å². The smallest absolute Gasteiger partial charge is 0.231 e. The Balaban J connectivity index is 1.61. The maximum Gasteiger partial charge on any atom is 0.231 e. The van der Waals surface area contributed by atoms with E-state index in [1.165, 1.54) is 11.8 Å². The van der Waals surface area contributed by atoms with E-state index in [0.717, 1.165) is 24.2 Å². The lowest BCUT2D eigenvalue weighted by molar-refractivity contribution is -0.119. The zero-order valence-corrected chi connectivity index (χ0v) is 17.4. The van der Waals surface area contributed by atoms with Crippen molar-refractivity contribution in [2.24, 2.45) is 0 Å². The van der Waals surface area contributed by atoms with Gasteiger partial charge < -0.3 is 10.1 Å². The van der Waals surface area contributed by atoms with Crippen LogP contribution in [0.4, 0.5) is 0 Å². The SMILES string of the molecule is C=CCn1c(COc2cccc(C)c2)nnc1SCC(=O)NC1(C#N)CCCC1. The summed E-state index contributed by atoms with van der Waals surface area (Å²) in [7, 11) is 0. The Morgan fingerprint density at radius 2 is 2.24 bits per heavy atom. The predicted octanol–water partition coefficient (Wildman–Crippen LogP) is 3.40. The number of allylic oxidation sites excluding steroid dienone is 1. The number of hydrogen-bond acceptors (Lipinski definition) is 6. The van der Waals surface area contributed by atoms with E-state index < -0.39 is 5.54 Å². The number of hydrogen-bond donors (Lipinski definition) is 1. The fourth-order valence-corrected chi connectivity index (χ4v) is 4.14. The van der Waals surface area contributed by atoms with Crippen molar-refractivity contribution in [1.29, 1.82) is 5.26 Å². The minimum atomic E-state index is -0.709. The molecular weight excluding hydrogens is 386 g/mol. The van der Waals surface area contributed by atoms with Crippen LogP contribution in [-0.4, -0.2) is 32.0 Å². The molecule has 1 saturated carbocycles. The summed E-state index contributed by atoms with van der Waals surface area (Å²) in [6.45, 7) is 6.59. The first kappa shape index (κ1) is 20.9. The van der Waals surface area contributed by atoms with E-state index in [9.17, 15) is 10.1 Å². The second kappa shape index (κ2) is 9.61.